The van der Waals surface area contributed by atoms with Crippen molar-refractivity contribution < 1.29 is 14.3 Å². The number of carbonyl (C=O) groups is 1. The summed E-state index contributed by atoms with van der Waals surface area (Å²) in [5.74, 6) is 0.365. The van der Waals surface area contributed by atoms with Gasteiger partial charge in [0.1, 0.15) is 6.61 Å². The molecule has 0 atom stereocenters. The predicted octanol–water partition coefficient (Wildman–Crippen LogP) is 0.394. The van der Waals surface area contributed by atoms with Crippen LogP contribution in [-0.4, -0.2) is 44.8 Å². The number of hydrogen-bond acceptors (Lipinski definition) is 3. The van der Waals surface area contributed by atoms with E-state index in [1.54, 1.807) is 0 Å². The van der Waals surface area contributed by atoms with E-state index in [9.17, 15) is 4.79 Å². The number of alkyl halides is 1. The highest BCUT2D eigenvalue weighted by Gasteiger charge is 1.98. The fourth-order valence-electron chi connectivity index (χ4n) is 0.665. The lowest BCUT2D eigenvalue weighted by molar-refractivity contribution is -0.125. The molecule has 13 heavy (non-hydrogen) atoms. The largest absolute Gasteiger partial charge is 0.378 e. The van der Waals surface area contributed by atoms with Crippen LogP contribution in [0.5, 0.6) is 0 Å². The van der Waals surface area contributed by atoms with Crippen molar-refractivity contribution in [3.63, 3.8) is 0 Å². The van der Waals surface area contributed by atoms with Gasteiger partial charge in [0, 0.05) is 19.0 Å². The highest BCUT2D eigenvalue weighted by molar-refractivity contribution is 6.17. The van der Waals surface area contributed by atoms with Gasteiger partial charge in [0.2, 0.25) is 5.91 Å². The first-order chi connectivity index (χ1) is 6.31. The van der Waals surface area contributed by atoms with Crippen molar-refractivity contribution in [2.75, 3.05) is 38.9 Å². The molecule has 0 unspecified atom stereocenters. The van der Waals surface area contributed by atoms with Gasteiger partial charge in [-0.1, -0.05) is 0 Å². The lowest BCUT2D eigenvalue weighted by Gasteiger charge is -2.04. The van der Waals surface area contributed by atoms with Crippen molar-refractivity contribution >= 4 is 17.5 Å². The first-order valence-corrected chi connectivity index (χ1v) is 4.82. The summed E-state index contributed by atoms with van der Waals surface area (Å²) in [6, 6.07) is 0. The van der Waals surface area contributed by atoms with Crippen molar-refractivity contribution in [3.05, 3.63) is 0 Å². The third kappa shape index (κ3) is 9.60. The van der Waals surface area contributed by atoms with Crippen LogP contribution in [0, 0.1) is 0 Å². The molecular weight excluding hydrogens is 194 g/mol. The molecule has 0 fully saturated rings. The summed E-state index contributed by atoms with van der Waals surface area (Å²) in [6.45, 7) is 4.02. The molecule has 0 aliphatic carbocycles. The molecule has 0 heterocycles. The Morgan fingerprint density at radius 3 is 2.77 bits per heavy atom. The van der Waals surface area contributed by atoms with E-state index in [0.717, 1.165) is 0 Å². The molecule has 0 spiro atoms. The Morgan fingerprint density at radius 1 is 1.38 bits per heavy atom. The van der Waals surface area contributed by atoms with Crippen LogP contribution in [0.2, 0.25) is 0 Å². The number of hydrogen-bond donors (Lipinski definition) is 1. The summed E-state index contributed by atoms with van der Waals surface area (Å²) in [5, 5.41) is 2.64. The van der Waals surface area contributed by atoms with Gasteiger partial charge in [-0.2, -0.15) is 0 Å². The highest BCUT2D eigenvalue weighted by atomic mass is 35.5. The van der Waals surface area contributed by atoms with Gasteiger partial charge in [-0.15, -0.1) is 11.6 Å². The van der Waals surface area contributed by atoms with E-state index >= 15 is 0 Å². The zero-order valence-electron chi connectivity index (χ0n) is 7.85. The minimum Gasteiger partial charge on any atom is -0.378 e. The number of rotatable bonds is 8. The average molecular weight is 210 g/mol. The molecule has 0 rings (SSSR count). The maximum Gasteiger partial charge on any atom is 0.246 e. The van der Waals surface area contributed by atoms with Crippen molar-refractivity contribution in [2.24, 2.45) is 0 Å². The van der Waals surface area contributed by atoms with Crippen LogP contribution in [-0.2, 0) is 14.3 Å². The fourth-order valence-corrected chi connectivity index (χ4v) is 0.774. The number of amides is 1. The Bertz CT molecular complexity index is 133. The van der Waals surface area contributed by atoms with Gasteiger partial charge in [0.05, 0.1) is 13.2 Å². The quantitative estimate of drug-likeness (QED) is 0.465. The topological polar surface area (TPSA) is 47.6 Å². The second-order valence-corrected chi connectivity index (χ2v) is 2.67. The second-order valence-electron chi connectivity index (χ2n) is 2.29. The standard InChI is InChI=1S/C8H16ClNO3/c1-2-12-7-8(11)10-4-6-13-5-3-9/h2-7H2,1H3,(H,10,11). The number of carbonyl (C=O) groups excluding carboxylic acids is 1. The molecule has 78 valence electrons. The van der Waals surface area contributed by atoms with E-state index in [0.29, 0.717) is 32.2 Å². The molecule has 5 heteroatoms. The van der Waals surface area contributed by atoms with Crippen LogP contribution in [0.4, 0.5) is 0 Å². The molecule has 1 N–H and O–H groups in total. The Kier molecular flexibility index (Phi) is 9.53. The van der Waals surface area contributed by atoms with E-state index in [2.05, 4.69) is 5.32 Å². The molecule has 0 aromatic rings. The van der Waals surface area contributed by atoms with Crippen LogP contribution >= 0.6 is 11.6 Å². The first kappa shape index (κ1) is 12.7. The highest BCUT2D eigenvalue weighted by Crippen LogP contribution is 1.78. The molecule has 0 aromatic carbocycles. The molecular formula is C8H16ClNO3. The molecule has 0 aromatic heterocycles. The lowest BCUT2D eigenvalue weighted by Crippen LogP contribution is -2.30. The van der Waals surface area contributed by atoms with Crippen LogP contribution in [0.25, 0.3) is 0 Å². The molecule has 1 amide bonds. The van der Waals surface area contributed by atoms with Gasteiger partial charge in [-0.05, 0) is 6.92 Å². The third-order valence-electron chi connectivity index (χ3n) is 1.23. The van der Waals surface area contributed by atoms with E-state index in [4.69, 9.17) is 21.1 Å². The first-order valence-electron chi connectivity index (χ1n) is 4.29. The van der Waals surface area contributed by atoms with E-state index < -0.39 is 0 Å². The van der Waals surface area contributed by atoms with Crippen LogP contribution < -0.4 is 5.32 Å². The van der Waals surface area contributed by atoms with Gasteiger partial charge < -0.3 is 14.8 Å². The molecule has 0 bridgehead atoms. The maximum atomic E-state index is 10.9. The smallest absolute Gasteiger partial charge is 0.246 e. The summed E-state index contributed by atoms with van der Waals surface area (Å²) in [5.41, 5.74) is 0. The Hall–Kier alpha value is -0.320. The summed E-state index contributed by atoms with van der Waals surface area (Å²) in [4.78, 5) is 10.9. The summed E-state index contributed by atoms with van der Waals surface area (Å²) in [6.07, 6.45) is 0. The van der Waals surface area contributed by atoms with E-state index in [1.807, 2.05) is 6.92 Å². The monoisotopic (exact) mass is 209 g/mol. The Labute approximate surface area is 83.5 Å². The Balaban J connectivity index is 3.08. The van der Waals surface area contributed by atoms with Crippen molar-refractivity contribution in [1.82, 2.24) is 5.32 Å². The van der Waals surface area contributed by atoms with Gasteiger partial charge in [-0.3, -0.25) is 4.79 Å². The van der Waals surface area contributed by atoms with E-state index in [-0.39, 0.29) is 12.5 Å². The van der Waals surface area contributed by atoms with Gasteiger partial charge >= 0.3 is 0 Å². The summed E-state index contributed by atoms with van der Waals surface area (Å²) >= 11 is 5.38. The van der Waals surface area contributed by atoms with Gasteiger partial charge in [-0.25, -0.2) is 0 Å². The minimum atomic E-state index is -0.115. The fraction of sp³-hybridized carbons (Fsp3) is 0.875. The molecule has 0 aliphatic rings. The van der Waals surface area contributed by atoms with Gasteiger partial charge in [0.15, 0.2) is 0 Å². The molecule has 0 saturated carbocycles. The lowest BCUT2D eigenvalue weighted by atomic mass is 10.6. The summed E-state index contributed by atoms with van der Waals surface area (Å²) < 4.78 is 9.95. The predicted molar refractivity (Wildman–Crippen MR) is 51.0 cm³/mol. The maximum absolute atomic E-state index is 10.9. The van der Waals surface area contributed by atoms with Crippen molar-refractivity contribution in [1.29, 1.82) is 0 Å². The van der Waals surface area contributed by atoms with Crippen molar-refractivity contribution in [3.8, 4) is 0 Å². The number of ether oxygens (including phenoxy) is 2. The Morgan fingerprint density at radius 2 is 2.15 bits per heavy atom. The molecule has 4 nitrogen and oxygen atoms in total. The van der Waals surface area contributed by atoms with Crippen molar-refractivity contribution in [2.45, 2.75) is 6.92 Å². The van der Waals surface area contributed by atoms with Crippen LogP contribution in [0.3, 0.4) is 0 Å². The zero-order chi connectivity index (χ0) is 9.94. The minimum absolute atomic E-state index is 0.115. The normalized spacial score (nSPS) is 10.0. The number of halogens is 1. The van der Waals surface area contributed by atoms with Crippen LogP contribution in [0.15, 0.2) is 0 Å². The molecule has 0 radical (unpaired) electrons. The van der Waals surface area contributed by atoms with Gasteiger partial charge in [0.25, 0.3) is 0 Å². The SMILES string of the molecule is CCOCC(=O)NCCOCCCl. The molecule has 0 saturated heterocycles. The molecule has 0 aliphatic heterocycles. The second kappa shape index (κ2) is 9.77. The van der Waals surface area contributed by atoms with Crippen LogP contribution in [0.1, 0.15) is 6.92 Å². The zero-order valence-corrected chi connectivity index (χ0v) is 8.60. The third-order valence-corrected chi connectivity index (χ3v) is 1.38. The summed E-state index contributed by atoms with van der Waals surface area (Å²) in [7, 11) is 0. The average Bonchev–Trinajstić information content (AvgIpc) is 2.14. The van der Waals surface area contributed by atoms with E-state index in [1.165, 1.54) is 0 Å². The number of nitrogens with one attached hydrogen (secondary N) is 1.